The van der Waals surface area contributed by atoms with Crippen molar-refractivity contribution in [2.45, 2.75) is 25.3 Å². The van der Waals surface area contributed by atoms with E-state index in [2.05, 4.69) is 31.2 Å². The van der Waals surface area contributed by atoms with E-state index in [4.69, 9.17) is 4.74 Å². The Labute approximate surface area is 208 Å². The molecule has 0 saturated carbocycles. The summed E-state index contributed by atoms with van der Waals surface area (Å²) in [5.74, 6) is 0.850. The Bertz CT molecular complexity index is 1090. The van der Waals surface area contributed by atoms with Crippen LogP contribution in [-0.4, -0.2) is 48.1 Å². The fourth-order valence-corrected chi connectivity index (χ4v) is 4.63. The Morgan fingerprint density at radius 2 is 1.97 bits per heavy atom. The van der Waals surface area contributed by atoms with Crippen LogP contribution in [0.15, 0.2) is 48.9 Å². The molecular formula is C23H27ClN6O3S. The summed E-state index contributed by atoms with van der Waals surface area (Å²) in [5, 5.41) is 12.4. The van der Waals surface area contributed by atoms with Crippen molar-refractivity contribution < 1.29 is 14.3 Å². The van der Waals surface area contributed by atoms with E-state index in [9.17, 15) is 9.59 Å². The first-order valence-electron chi connectivity index (χ1n) is 10.8. The molecule has 180 valence electrons. The summed E-state index contributed by atoms with van der Waals surface area (Å²) in [7, 11) is 1.61. The molecule has 9 nitrogen and oxygen atoms in total. The van der Waals surface area contributed by atoms with E-state index in [1.54, 1.807) is 7.11 Å². The van der Waals surface area contributed by atoms with Gasteiger partial charge in [-0.1, -0.05) is 6.42 Å². The summed E-state index contributed by atoms with van der Waals surface area (Å²) in [6.07, 6.45) is 7.54. The maximum Gasteiger partial charge on any atom is 0.325 e. The van der Waals surface area contributed by atoms with Gasteiger partial charge in [0.15, 0.2) is 5.82 Å². The molecule has 1 aliphatic rings. The van der Waals surface area contributed by atoms with Crippen LogP contribution in [0, 0.1) is 0 Å². The lowest BCUT2D eigenvalue weighted by atomic mass is 10.1. The number of amides is 3. The summed E-state index contributed by atoms with van der Waals surface area (Å²) in [6, 6.07) is 8.92. The molecule has 4 rings (SSSR count). The van der Waals surface area contributed by atoms with Gasteiger partial charge in [0.05, 0.1) is 18.9 Å². The number of thiophene rings is 1. The first-order valence-corrected chi connectivity index (χ1v) is 11.6. The van der Waals surface area contributed by atoms with Gasteiger partial charge in [-0.05, 0) is 55.3 Å². The second-order valence-electron chi connectivity index (χ2n) is 7.62. The maximum atomic E-state index is 13.2. The lowest BCUT2D eigenvalue weighted by Crippen LogP contribution is -2.41. The van der Waals surface area contributed by atoms with Gasteiger partial charge in [0, 0.05) is 29.9 Å². The average molecular weight is 503 g/mol. The maximum absolute atomic E-state index is 13.2. The largest absolute Gasteiger partial charge is 0.497 e. The number of carbonyl (C=O) groups is 2. The van der Waals surface area contributed by atoms with Crippen LogP contribution >= 0.6 is 23.7 Å². The van der Waals surface area contributed by atoms with Crippen molar-refractivity contribution >= 4 is 46.5 Å². The van der Waals surface area contributed by atoms with Gasteiger partial charge in [-0.2, -0.15) is 0 Å². The minimum absolute atomic E-state index is 0. The number of halogens is 1. The summed E-state index contributed by atoms with van der Waals surface area (Å²) in [5.41, 5.74) is 1.35. The Kier molecular flexibility index (Phi) is 9.20. The first kappa shape index (κ1) is 25.4. The average Bonchev–Trinajstić information content (AvgIpc) is 3.07. The lowest BCUT2D eigenvalue weighted by molar-refractivity contribution is 0.0937. The summed E-state index contributed by atoms with van der Waals surface area (Å²) in [6.45, 7) is 1.69. The van der Waals surface area contributed by atoms with Crippen molar-refractivity contribution in [2.24, 2.45) is 0 Å². The SMILES string of the molecule is COc1ccc(-c2cc(C(=O)N[C@H]3CCCCNC3)c(NC(=O)Nc3cnccn3)s2)cc1.Cl. The predicted molar refractivity (Wildman–Crippen MR) is 136 cm³/mol. The molecule has 1 aromatic carbocycles. The van der Waals surface area contributed by atoms with Gasteiger partial charge in [-0.25, -0.2) is 9.78 Å². The summed E-state index contributed by atoms with van der Waals surface area (Å²) >= 11 is 1.33. The van der Waals surface area contributed by atoms with Gasteiger partial charge < -0.3 is 15.4 Å². The van der Waals surface area contributed by atoms with E-state index in [0.717, 1.165) is 48.5 Å². The van der Waals surface area contributed by atoms with Crippen LogP contribution in [0.2, 0.25) is 0 Å². The Morgan fingerprint density at radius 1 is 1.15 bits per heavy atom. The smallest absolute Gasteiger partial charge is 0.325 e. The molecular weight excluding hydrogens is 476 g/mol. The number of hydrogen-bond acceptors (Lipinski definition) is 7. The van der Waals surface area contributed by atoms with Crippen molar-refractivity contribution in [3.8, 4) is 16.2 Å². The Morgan fingerprint density at radius 3 is 2.71 bits per heavy atom. The highest BCUT2D eigenvalue weighted by atomic mass is 35.5. The molecule has 3 heterocycles. The zero-order valence-corrected chi connectivity index (χ0v) is 20.3. The zero-order chi connectivity index (χ0) is 23.0. The molecule has 1 atom stereocenters. The van der Waals surface area contributed by atoms with Gasteiger partial charge in [0.1, 0.15) is 10.8 Å². The molecule has 1 aliphatic heterocycles. The number of aromatic nitrogens is 2. The third kappa shape index (κ3) is 6.66. The van der Waals surface area contributed by atoms with Gasteiger partial charge in [-0.15, -0.1) is 23.7 Å². The normalized spacial score (nSPS) is 15.4. The quantitative estimate of drug-likeness (QED) is 0.402. The van der Waals surface area contributed by atoms with Gasteiger partial charge in [0.2, 0.25) is 0 Å². The standard InChI is InChI=1S/C23H26N6O3S.ClH/c1-32-17-7-5-15(6-8-17)19-12-18(21(30)27-16-4-2-3-9-24-13-16)22(33-19)29-23(31)28-20-14-25-10-11-26-20;/h5-8,10-12,14,16,24H,2-4,9,13H2,1H3,(H,27,30)(H2,26,28,29,31);1H/t16-;/m0./s1. The zero-order valence-electron chi connectivity index (χ0n) is 18.7. The second kappa shape index (κ2) is 12.3. The number of methoxy groups -OCH3 is 1. The molecule has 4 N–H and O–H groups in total. The number of nitrogens with zero attached hydrogens (tertiary/aromatic N) is 2. The van der Waals surface area contributed by atoms with Crippen molar-refractivity contribution in [3.05, 3.63) is 54.5 Å². The van der Waals surface area contributed by atoms with E-state index in [1.807, 2.05) is 30.3 Å². The highest BCUT2D eigenvalue weighted by Crippen LogP contribution is 2.36. The second-order valence-corrected chi connectivity index (χ2v) is 8.67. The number of anilines is 2. The fourth-order valence-electron chi connectivity index (χ4n) is 3.57. The highest BCUT2D eigenvalue weighted by molar-refractivity contribution is 7.20. The molecule has 2 aromatic heterocycles. The number of rotatable bonds is 6. The molecule has 0 bridgehead atoms. The summed E-state index contributed by atoms with van der Waals surface area (Å²) < 4.78 is 5.23. The molecule has 0 aliphatic carbocycles. The Hall–Kier alpha value is -3.21. The number of nitrogens with one attached hydrogen (secondary N) is 4. The van der Waals surface area contributed by atoms with Crippen LogP contribution in [0.4, 0.5) is 15.6 Å². The van der Waals surface area contributed by atoms with E-state index in [-0.39, 0.29) is 24.4 Å². The van der Waals surface area contributed by atoms with Gasteiger partial charge >= 0.3 is 6.03 Å². The summed E-state index contributed by atoms with van der Waals surface area (Å²) in [4.78, 5) is 34.6. The van der Waals surface area contributed by atoms with Crippen molar-refractivity contribution in [3.63, 3.8) is 0 Å². The van der Waals surface area contributed by atoms with Crippen LogP contribution in [0.3, 0.4) is 0 Å². The van der Waals surface area contributed by atoms with Crippen LogP contribution in [0.25, 0.3) is 10.4 Å². The minimum atomic E-state index is -0.496. The number of benzene rings is 1. The number of carbonyl (C=O) groups excluding carboxylic acids is 2. The highest BCUT2D eigenvalue weighted by Gasteiger charge is 2.22. The van der Waals surface area contributed by atoms with Crippen LogP contribution in [-0.2, 0) is 0 Å². The molecule has 1 saturated heterocycles. The molecule has 3 aromatic rings. The van der Waals surface area contributed by atoms with Crippen molar-refractivity contribution in [1.29, 1.82) is 0 Å². The van der Waals surface area contributed by atoms with E-state index in [0.29, 0.717) is 16.4 Å². The molecule has 0 spiro atoms. The van der Waals surface area contributed by atoms with Crippen LogP contribution < -0.4 is 26.0 Å². The third-order valence-corrected chi connectivity index (χ3v) is 6.36. The third-order valence-electron chi connectivity index (χ3n) is 5.27. The van der Waals surface area contributed by atoms with E-state index in [1.165, 1.54) is 29.9 Å². The van der Waals surface area contributed by atoms with Gasteiger partial charge in [0.25, 0.3) is 5.91 Å². The van der Waals surface area contributed by atoms with Crippen LogP contribution in [0.1, 0.15) is 29.6 Å². The number of ether oxygens (including phenoxy) is 1. The van der Waals surface area contributed by atoms with E-state index < -0.39 is 6.03 Å². The predicted octanol–water partition coefficient (Wildman–Crippen LogP) is 4.15. The van der Waals surface area contributed by atoms with Crippen LogP contribution in [0.5, 0.6) is 5.75 Å². The van der Waals surface area contributed by atoms with Crippen molar-refractivity contribution in [2.75, 3.05) is 30.8 Å². The number of hydrogen-bond donors (Lipinski definition) is 4. The first-order chi connectivity index (χ1) is 16.1. The minimum Gasteiger partial charge on any atom is -0.497 e. The molecule has 0 radical (unpaired) electrons. The Balaban J connectivity index is 0.00000324. The molecule has 1 fully saturated rings. The van der Waals surface area contributed by atoms with E-state index >= 15 is 0 Å². The molecule has 34 heavy (non-hydrogen) atoms. The fraction of sp³-hybridized carbons (Fsp3) is 0.304. The number of urea groups is 1. The van der Waals surface area contributed by atoms with Crippen molar-refractivity contribution in [1.82, 2.24) is 20.6 Å². The molecule has 3 amide bonds. The van der Waals surface area contributed by atoms with Gasteiger partial charge in [-0.3, -0.25) is 20.4 Å². The topological polar surface area (TPSA) is 117 Å². The monoisotopic (exact) mass is 502 g/mol. The molecule has 11 heteroatoms. The molecule has 0 unspecified atom stereocenters. The lowest BCUT2D eigenvalue weighted by Gasteiger charge is -2.16.